The van der Waals surface area contributed by atoms with Gasteiger partial charge in [-0.05, 0) is 83.6 Å². The highest BCUT2D eigenvalue weighted by molar-refractivity contribution is 5.80. The van der Waals surface area contributed by atoms with Crippen LogP contribution >= 0.6 is 0 Å². The number of aliphatic imine (C=N–C) groups is 2. The van der Waals surface area contributed by atoms with Crippen molar-refractivity contribution >= 4 is 12.4 Å². The lowest BCUT2D eigenvalue weighted by molar-refractivity contribution is 0.306. The molecule has 0 amide bonds. The topological polar surface area (TPSA) is 43.2 Å². The van der Waals surface area contributed by atoms with E-state index in [1.54, 1.807) is 0 Å². The van der Waals surface area contributed by atoms with Gasteiger partial charge in [-0.15, -0.1) is 0 Å². The van der Waals surface area contributed by atoms with Crippen molar-refractivity contribution in [2.45, 2.75) is 38.9 Å². The van der Waals surface area contributed by atoms with Gasteiger partial charge < -0.3 is 9.47 Å². The molecule has 0 aliphatic heterocycles. The second kappa shape index (κ2) is 15.8. The van der Waals surface area contributed by atoms with E-state index in [-0.39, 0.29) is 0 Å². The van der Waals surface area contributed by atoms with Crippen LogP contribution in [0.3, 0.4) is 0 Å². The van der Waals surface area contributed by atoms with E-state index < -0.39 is 0 Å². The maximum Gasteiger partial charge on any atom is 0.119 e. The summed E-state index contributed by atoms with van der Waals surface area (Å²) in [5.41, 5.74) is 4.53. The van der Waals surface area contributed by atoms with Gasteiger partial charge in [0.1, 0.15) is 24.7 Å². The minimum atomic E-state index is 0.581. The van der Waals surface area contributed by atoms with Gasteiger partial charge in [-0.25, -0.2) is 0 Å². The molecule has 194 valence electrons. The number of ether oxygens (including phenoxy) is 2. The first-order chi connectivity index (χ1) is 18.8. The maximum absolute atomic E-state index is 5.84. The second-order valence-corrected chi connectivity index (χ2v) is 9.17. The van der Waals surface area contributed by atoms with Crippen molar-refractivity contribution in [3.63, 3.8) is 0 Å². The Balaban J connectivity index is 1.03. The molecule has 4 aromatic carbocycles. The number of hydrogen-bond donors (Lipinski definition) is 0. The molecule has 0 bridgehead atoms. The van der Waals surface area contributed by atoms with E-state index in [4.69, 9.17) is 9.47 Å². The van der Waals surface area contributed by atoms with Crippen LogP contribution in [0.1, 0.15) is 47.9 Å². The molecule has 38 heavy (non-hydrogen) atoms. The Bertz CT molecular complexity index is 1130. The Hall–Kier alpha value is -4.18. The van der Waals surface area contributed by atoms with Crippen LogP contribution in [0.4, 0.5) is 0 Å². The van der Waals surface area contributed by atoms with Crippen LogP contribution in [0.25, 0.3) is 0 Å². The van der Waals surface area contributed by atoms with Crippen LogP contribution in [0, 0.1) is 0 Å². The molecule has 0 aliphatic carbocycles. The summed E-state index contributed by atoms with van der Waals surface area (Å²) >= 11 is 0. The molecule has 0 spiro atoms. The molecule has 0 aliphatic rings. The van der Waals surface area contributed by atoms with Crippen molar-refractivity contribution < 1.29 is 9.47 Å². The van der Waals surface area contributed by atoms with Crippen molar-refractivity contribution in [1.29, 1.82) is 0 Å². The normalized spacial score (nSPS) is 11.3. The van der Waals surface area contributed by atoms with Gasteiger partial charge in [0.05, 0.1) is 0 Å². The highest BCUT2D eigenvalue weighted by atomic mass is 16.5. The molecule has 0 atom stereocenters. The summed E-state index contributed by atoms with van der Waals surface area (Å²) in [7, 11) is 0. The number of benzene rings is 4. The summed E-state index contributed by atoms with van der Waals surface area (Å²) in [5.74, 6) is 1.75. The van der Waals surface area contributed by atoms with Gasteiger partial charge >= 0.3 is 0 Å². The fraction of sp³-hybridized carbons (Fsp3) is 0.235. The maximum atomic E-state index is 5.84. The Morgan fingerprint density at radius 2 is 0.842 bits per heavy atom. The minimum absolute atomic E-state index is 0.581. The molecule has 0 heterocycles. The predicted molar refractivity (Wildman–Crippen MR) is 158 cm³/mol. The third-order valence-electron chi connectivity index (χ3n) is 6.06. The average molecular weight is 505 g/mol. The second-order valence-electron chi connectivity index (χ2n) is 9.17. The Morgan fingerprint density at radius 1 is 0.447 bits per heavy atom. The molecule has 0 aromatic heterocycles. The SMILES string of the molecule is C(=NCCCCCCN=Cc1ccc(OCc2ccccc2)cc1)c1ccc(OCc2ccccc2)cc1. The fourth-order valence-corrected chi connectivity index (χ4v) is 3.88. The largest absolute Gasteiger partial charge is 0.489 e. The summed E-state index contributed by atoms with van der Waals surface area (Å²) in [6.45, 7) is 2.87. The van der Waals surface area contributed by atoms with Crippen molar-refractivity contribution in [3.05, 3.63) is 131 Å². The van der Waals surface area contributed by atoms with Gasteiger partial charge in [0.2, 0.25) is 0 Å². The number of nitrogens with zero attached hydrogens (tertiary/aromatic N) is 2. The van der Waals surface area contributed by atoms with Gasteiger partial charge in [-0.1, -0.05) is 73.5 Å². The predicted octanol–water partition coefficient (Wildman–Crippen LogP) is 7.94. The zero-order valence-electron chi connectivity index (χ0n) is 21.9. The molecule has 4 heteroatoms. The standard InChI is InChI=1S/C34H36N2O2/c1(9-23-35-25-29-15-19-33(20-16-29)37-27-31-11-5-3-6-12-31)2-10-24-36-26-30-17-21-34(22-18-30)38-28-32-13-7-4-8-14-32/h3-8,11-22,25-26H,1-2,9-10,23-24,27-28H2. The van der Waals surface area contributed by atoms with E-state index in [9.17, 15) is 0 Å². The summed E-state index contributed by atoms with van der Waals surface area (Å²) in [5, 5.41) is 0. The van der Waals surface area contributed by atoms with Gasteiger partial charge in [-0.2, -0.15) is 0 Å². The molecule has 4 aromatic rings. The molecule has 0 saturated heterocycles. The third kappa shape index (κ3) is 10.1. The summed E-state index contributed by atoms with van der Waals surface area (Å²) in [6.07, 6.45) is 8.44. The highest BCUT2D eigenvalue weighted by Crippen LogP contribution is 2.15. The van der Waals surface area contributed by atoms with Crippen LogP contribution in [0.5, 0.6) is 11.5 Å². The molecule has 0 fully saturated rings. The summed E-state index contributed by atoms with van der Waals surface area (Å²) in [6, 6.07) is 36.6. The van der Waals surface area contributed by atoms with E-state index >= 15 is 0 Å². The smallest absolute Gasteiger partial charge is 0.119 e. The van der Waals surface area contributed by atoms with Gasteiger partial charge in [-0.3, -0.25) is 9.98 Å². The van der Waals surface area contributed by atoms with Gasteiger partial charge in [0.25, 0.3) is 0 Å². The molecule has 4 rings (SSSR count). The van der Waals surface area contributed by atoms with Crippen LogP contribution in [-0.4, -0.2) is 25.5 Å². The first kappa shape index (κ1) is 26.9. The van der Waals surface area contributed by atoms with E-state index in [1.165, 1.54) is 24.0 Å². The first-order valence-electron chi connectivity index (χ1n) is 13.4. The monoisotopic (exact) mass is 504 g/mol. The van der Waals surface area contributed by atoms with Gasteiger partial charge in [0.15, 0.2) is 0 Å². The van der Waals surface area contributed by atoms with E-state index in [1.807, 2.05) is 97.4 Å². The molecule has 0 radical (unpaired) electrons. The Morgan fingerprint density at radius 3 is 1.24 bits per heavy atom. The zero-order chi connectivity index (χ0) is 26.1. The minimum Gasteiger partial charge on any atom is -0.489 e. The average Bonchev–Trinajstić information content (AvgIpc) is 2.98. The quantitative estimate of drug-likeness (QED) is 0.122. The zero-order valence-corrected chi connectivity index (χ0v) is 21.9. The lowest BCUT2D eigenvalue weighted by atomic mass is 10.2. The summed E-state index contributed by atoms with van der Waals surface area (Å²) in [4.78, 5) is 9.14. The van der Waals surface area contributed by atoms with E-state index in [0.717, 1.165) is 48.6 Å². The highest BCUT2D eigenvalue weighted by Gasteiger charge is 1.97. The van der Waals surface area contributed by atoms with Gasteiger partial charge in [0, 0.05) is 25.5 Å². The van der Waals surface area contributed by atoms with Crippen molar-refractivity contribution in [2.75, 3.05) is 13.1 Å². The van der Waals surface area contributed by atoms with Crippen molar-refractivity contribution in [1.82, 2.24) is 0 Å². The molecular weight excluding hydrogens is 468 g/mol. The van der Waals surface area contributed by atoms with Crippen molar-refractivity contribution in [2.24, 2.45) is 9.98 Å². The fourth-order valence-electron chi connectivity index (χ4n) is 3.88. The van der Waals surface area contributed by atoms with Crippen LogP contribution < -0.4 is 9.47 Å². The number of hydrogen-bond acceptors (Lipinski definition) is 4. The van der Waals surface area contributed by atoms with E-state index in [2.05, 4.69) is 34.3 Å². The molecular formula is C34H36N2O2. The third-order valence-corrected chi connectivity index (χ3v) is 6.06. The molecule has 0 unspecified atom stereocenters. The van der Waals surface area contributed by atoms with Crippen LogP contribution in [-0.2, 0) is 13.2 Å². The van der Waals surface area contributed by atoms with E-state index in [0.29, 0.717) is 13.2 Å². The first-order valence-corrected chi connectivity index (χ1v) is 13.4. The number of rotatable bonds is 15. The lowest BCUT2D eigenvalue weighted by Crippen LogP contribution is -1.95. The molecule has 4 nitrogen and oxygen atoms in total. The number of unbranched alkanes of at least 4 members (excludes halogenated alkanes) is 3. The molecule has 0 N–H and O–H groups in total. The Labute approximate surface area is 226 Å². The van der Waals surface area contributed by atoms with Crippen LogP contribution in [0.2, 0.25) is 0 Å². The summed E-state index contributed by atoms with van der Waals surface area (Å²) < 4.78 is 11.7. The van der Waals surface area contributed by atoms with Crippen molar-refractivity contribution in [3.8, 4) is 11.5 Å². The lowest BCUT2D eigenvalue weighted by Gasteiger charge is -2.06. The van der Waals surface area contributed by atoms with Crippen LogP contribution in [0.15, 0.2) is 119 Å². The Kier molecular flexibility index (Phi) is 11.2. The molecule has 0 saturated carbocycles.